The standard InChI is InChI=1S/C5H7BN2O2/c1-4-2-7-3-5(8-4)6(9)10/h2-3,9-10H,1H3. The van der Waals surface area contributed by atoms with Gasteiger partial charge in [-0.2, -0.15) is 0 Å². The molecule has 0 aromatic carbocycles. The van der Waals surface area contributed by atoms with Crippen molar-refractivity contribution in [2.75, 3.05) is 0 Å². The quantitative estimate of drug-likeness (QED) is 0.461. The molecule has 0 unspecified atom stereocenters. The number of aromatic nitrogens is 2. The van der Waals surface area contributed by atoms with Crippen LogP contribution in [-0.4, -0.2) is 27.1 Å². The summed E-state index contributed by atoms with van der Waals surface area (Å²) in [6.45, 7) is 1.74. The fourth-order valence-electron chi connectivity index (χ4n) is 0.607. The molecule has 0 saturated carbocycles. The van der Waals surface area contributed by atoms with Crippen LogP contribution in [0.4, 0.5) is 0 Å². The van der Waals surface area contributed by atoms with E-state index >= 15 is 0 Å². The molecule has 0 atom stereocenters. The Kier molecular flexibility index (Phi) is 1.98. The van der Waals surface area contributed by atoms with E-state index in [4.69, 9.17) is 10.0 Å². The third-order valence-electron chi connectivity index (χ3n) is 1.04. The summed E-state index contributed by atoms with van der Waals surface area (Å²) in [7, 11) is -1.52. The first-order valence-corrected chi connectivity index (χ1v) is 2.85. The van der Waals surface area contributed by atoms with Gasteiger partial charge in [0.1, 0.15) is 0 Å². The molecule has 0 radical (unpaired) electrons. The Bertz CT molecular complexity index is 229. The van der Waals surface area contributed by atoms with Crippen LogP contribution >= 0.6 is 0 Å². The third kappa shape index (κ3) is 1.52. The van der Waals surface area contributed by atoms with Crippen LogP contribution in [0.15, 0.2) is 12.4 Å². The van der Waals surface area contributed by atoms with E-state index in [0.717, 1.165) is 0 Å². The molecule has 1 heterocycles. The van der Waals surface area contributed by atoms with Crippen LogP contribution in [0.3, 0.4) is 0 Å². The molecule has 1 aromatic rings. The van der Waals surface area contributed by atoms with E-state index in [2.05, 4.69) is 9.97 Å². The minimum absolute atomic E-state index is 0.181. The predicted octanol–water partition coefficient (Wildman–Crippen LogP) is -1.54. The summed E-state index contributed by atoms with van der Waals surface area (Å²) in [5.74, 6) is 0. The molecule has 0 aliphatic rings. The minimum atomic E-state index is -1.52. The molecule has 4 nitrogen and oxygen atoms in total. The molecular weight excluding hydrogens is 131 g/mol. The monoisotopic (exact) mass is 138 g/mol. The van der Waals surface area contributed by atoms with Crippen molar-refractivity contribution in [3.05, 3.63) is 18.1 Å². The average Bonchev–Trinajstić information content (AvgIpc) is 1.88. The Morgan fingerprint density at radius 3 is 2.50 bits per heavy atom. The van der Waals surface area contributed by atoms with E-state index in [1.165, 1.54) is 6.20 Å². The maximum atomic E-state index is 8.60. The van der Waals surface area contributed by atoms with Gasteiger partial charge in [0.05, 0.1) is 11.3 Å². The van der Waals surface area contributed by atoms with E-state index in [1.807, 2.05) is 0 Å². The molecule has 0 fully saturated rings. The summed E-state index contributed by atoms with van der Waals surface area (Å²) >= 11 is 0. The molecule has 0 spiro atoms. The highest BCUT2D eigenvalue weighted by atomic mass is 16.4. The van der Waals surface area contributed by atoms with Crippen LogP contribution in [0.1, 0.15) is 5.69 Å². The first kappa shape index (κ1) is 7.18. The molecule has 1 rings (SSSR count). The summed E-state index contributed by atoms with van der Waals surface area (Å²) in [5, 5.41) is 17.2. The summed E-state index contributed by atoms with van der Waals surface area (Å²) in [4.78, 5) is 7.53. The first-order chi connectivity index (χ1) is 4.70. The Hall–Kier alpha value is -0.935. The van der Waals surface area contributed by atoms with Crippen molar-refractivity contribution < 1.29 is 10.0 Å². The van der Waals surface area contributed by atoms with Gasteiger partial charge in [-0.1, -0.05) is 0 Å². The Balaban J connectivity index is 2.96. The van der Waals surface area contributed by atoms with Gasteiger partial charge in [-0.25, -0.2) is 0 Å². The minimum Gasteiger partial charge on any atom is -0.422 e. The average molecular weight is 138 g/mol. The summed E-state index contributed by atoms with van der Waals surface area (Å²) < 4.78 is 0. The smallest absolute Gasteiger partial charge is 0.422 e. The maximum absolute atomic E-state index is 8.60. The highest BCUT2D eigenvalue weighted by Gasteiger charge is 2.12. The zero-order valence-corrected chi connectivity index (χ0v) is 5.52. The molecule has 0 aliphatic heterocycles. The second-order valence-electron chi connectivity index (χ2n) is 1.96. The lowest BCUT2D eigenvalue weighted by Gasteiger charge is -1.96. The van der Waals surface area contributed by atoms with Crippen molar-refractivity contribution >= 4 is 12.7 Å². The van der Waals surface area contributed by atoms with E-state index in [0.29, 0.717) is 5.69 Å². The van der Waals surface area contributed by atoms with Gasteiger partial charge in [-0.3, -0.25) is 9.97 Å². The Morgan fingerprint density at radius 1 is 1.40 bits per heavy atom. The van der Waals surface area contributed by atoms with Gasteiger partial charge in [0.25, 0.3) is 0 Å². The summed E-state index contributed by atoms with van der Waals surface area (Å²) in [5.41, 5.74) is 0.852. The fraction of sp³-hybridized carbons (Fsp3) is 0.200. The molecule has 0 aliphatic carbocycles. The van der Waals surface area contributed by atoms with Crippen LogP contribution in [0, 0.1) is 6.92 Å². The third-order valence-corrected chi connectivity index (χ3v) is 1.04. The number of hydrogen-bond donors (Lipinski definition) is 2. The molecule has 5 heteroatoms. The van der Waals surface area contributed by atoms with E-state index in [-0.39, 0.29) is 5.59 Å². The number of hydrogen-bond acceptors (Lipinski definition) is 4. The van der Waals surface area contributed by atoms with Crippen molar-refractivity contribution in [3.8, 4) is 0 Å². The van der Waals surface area contributed by atoms with Gasteiger partial charge >= 0.3 is 7.12 Å². The number of nitrogens with zero attached hydrogens (tertiary/aromatic N) is 2. The maximum Gasteiger partial charge on any atom is 0.509 e. The molecule has 2 N–H and O–H groups in total. The zero-order valence-electron chi connectivity index (χ0n) is 5.52. The van der Waals surface area contributed by atoms with Crippen molar-refractivity contribution in [1.29, 1.82) is 0 Å². The van der Waals surface area contributed by atoms with Crippen LogP contribution in [0.2, 0.25) is 0 Å². The summed E-state index contributed by atoms with van der Waals surface area (Å²) in [6.07, 6.45) is 2.86. The predicted molar refractivity (Wildman–Crippen MR) is 36.6 cm³/mol. The highest BCUT2D eigenvalue weighted by molar-refractivity contribution is 6.57. The van der Waals surface area contributed by atoms with Gasteiger partial charge < -0.3 is 10.0 Å². The fourth-order valence-corrected chi connectivity index (χ4v) is 0.607. The lowest BCUT2D eigenvalue weighted by molar-refractivity contribution is 0.424. The van der Waals surface area contributed by atoms with E-state index in [9.17, 15) is 0 Å². The Labute approximate surface area is 58.7 Å². The number of rotatable bonds is 1. The molecule has 10 heavy (non-hydrogen) atoms. The van der Waals surface area contributed by atoms with Crippen molar-refractivity contribution in [3.63, 3.8) is 0 Å². The van der Waals surface area contributed by atoms with Gasteiger partial charge in [-0.05, 0) is 6.92 Å². The summed E-state index contributed by atoms with van der Waals surface area (Å²) in [6, 6.07) is 0. The van der Waals surface area contributed by atoms with Crippen molar-refractivity contribution in [2.45, 2.75) is 6.92 Å². The molecule has 0 amide bonds. The van der Waals surface area contributed by atoms with Gasteiger partial charge in [0, 0.05) is 12.4 Å². The second-order valence-corrected chi connectivity index (χ2v) is 1.96. The molecular formula is C5H7BN2O2. The normalized spacial score (nSPS) is 9.50. The molecule has 1 aromatic heterocycles. The lowest BCUT2D eigenvalue weighted by Crippen LogP contribution is -2.33. The number of aryl methyl sites for hydroxylation is 1. The first-order valence-electron chi connectivity index (χ1n) is 2.85. The second kappa shape index (κ2) is 2.77. The van der Waals surface area contributed by atoms with Gasteiger partial charge in [-0.15, -0.1) is 0 Å². The van der Waals surface area contributed by atoms with Crippen LogP contribution in [0.5, 0.6) is 0 Å². The largest absolute Gasteiger partial charge is 0.509 e. The Morgan fingerprint density at radius 2 is 2.10 bits per heavy atom. The van der Waals surface area contributed by atoms with Crippen molar-refractivity contribution in [2.24, 2.45) is 0 Å². The highest BCUT2D eigenvalue weighted by Crippen LogP contribution is 1.82. The molecule has 0 saturated heterocycles. The topological polar surface area (TPSA) is 66.2 Å². The molecule has 52 valence electrons. The zero-order chi connectivity index (χ0) is 7.56. The SMILES string of the molecule is Cc1cncc(B(O)O)n1. The van der Waals surface area contributed by atoms with Crippen LogP contribution < -0.4 is 5.59 Å². The molecule has 0 bridgehead atoms. The van der Waals surface area contributed by atoms with E-state index < -0.39 is 7.12 Å². The van der Waals surface area contributed by atoms with Crippen molar-refractivity contribution in [1.82, 2.24) is 9.97 Å². The van der Waals surface area contributed by atoms with Crippen LogP contribution in [-0.2, 0) is 0 Å². The van der Waals surface area contributed by atoms with E-state index in [1.54, 1.807) is 13.1 Å². The lowest BCUT2D eigenvalue weighted by atomic mass is 9.87. The van der Waals surface area contributed by atoms with Gasteiger partial charge in [0.2, 0.25) is 0 Å². The van der Waals surface area contributed by atoms with Gasteiger partial charge in [0.15, 0.2) is 0 Å². The van der Waals surface area contributed by atoms with Crippen LogP contribution in [0.25, 0.3) is 0 Å².